The maximum Gasteiger partial charge on any atom is 0.293 e. The van der Waals surface area contributed by atoms with Gasteiger partial charge in [-0.15, -0.1) is 0 Å². The van der Waals surface area contributed by atoms with Gasteiger partial charge in [0.15, 0.2) is 0 Å². The van der Waals surface area contributed by atoms with Gasteiger partial charge in [0.25, 0.3) is 22.6 Å². The monoisotopic (exact) mass is 464 g/mol. The third-order valence-corrected chi connectivity index (χ3v) is 5.60. The molecular formula is C23H17FN4O4S. The lowest BCUT2D eigenvalue weighted by atomic mass is 10.2. The van der Waals surface area contributed by atoms with Crippen LogP contribution < -0.4 is 10.9 Å². The predicted molar refractivity (Wildman–Crippen MR) is 121 cm³/mol. The summed E-state index contributed by atoms with van der Waals surface area (Å²) >= 11 is 0.843. The van der Waals surface area contributed by atoms with E-state index in [1.165, 1.54) is 36.4 Å². The number of hydrogen-bond donors (Lipinski definition) is 1. The summed E-state index contributed by atoms with van der Waals surface area (Å²) in [5, 5.41) is 6.19. The number of nitrogens with zero attached hydrogens (tertiary/aromatic N) is 3. The molecule has 0 saturated carbocycles. The van der Waals surface area contributed by atoms with Crippen LogP contribution in [0.5, 0.6) is 0 Å². The van der Waals surface area contributed by atoms with Crippen LogP contribution in [0.15, 0.2) is 76.4 Å². The number of amides is 3. The van der Waals surface area contributed by atoms with E-state index in [9.17, 15) is 23.6 Å². The number of carbonyl (C=O) groups is 3. The van der Waals surface area contributed by atoms with Gasteiger partial charge in [0.1, 0.15) is 11.5 Å². The number of hydrogen-bond acceptors (Lipinski definition) is 6. The van der Waals surface area contributed by atoms with Crippen molar-refractivity contribution < 1.29 is 18.8 Å². The summed E-state index contributed by atoms with van der Waals surface area (Å²) in [6.45, 7) is -0.00696. The maximum absolute atomic E-state index is 13.1. The Morgan fingerprint density at radius 3 is 2.45 bits per heavy atom. The largest absolute Gasteiger partial charge is 0.349 e. The van der Waals surface area contributed by atoms with Crippen LogP contribution in [0.4, 0.5) is 9.18 Å². The van der Waals surface area contributed by atoms with Crippen LogP contribution in [0.25, 0.3) is 11.8 Å². The fourth-order valence-electron chi connectivity index (χ4n) is 3.06. The summed E-state index contributed by atoms with van der Waals surface area (Å²) in [6, 6.07) is 16.7. The second-order valence-electron chi connectivity index (χ2n) is 6.94. The smallest absolute Gasteiger partial charge is 0.293 e. The Balaban J connectivity index is 1.39. The van der Waals surface area contributed by atoms with Crippen molar-refractivity contribution in [3.63, 3.8) is 0 Å². The molecule has 0 unspecified atom stereocenters. The van der Waals surface area contributed by atoms with Crippen LogP contribution in [0.1, 0.15) is 16.1 Å². The van der Waals surface area contributed by atoms with Gasteiger partial charge in [0.05, 0.1) is 10.6 Å². The van der Waals surface area contributed by atoms with Crippen molar-refractivity contribution in [1.82, 2.24) is 20.0 Å². The highest BCUT2D eigenvalue weighted by atomic mass is 32.2. The van der Waals surface area contributed by atoms with E-state index in [-0.39, 0.29) is 18.8 Å². The fourth-order valence-corrected chi connectivity index (χ4v) is 3.93. The molecule has 0 atom stereocenters. The minimum Gasteiger partial charge on any atom is -0.349 e. The molecule has 1 aliphatic heterocycles. The molecule has 3 aromatic rings. The van der Waals surface area contributed by atoms with Crippen molar-refractivity contribution in [3.8, 4) is 5.69 Å². The summed E-state index contributed by atoms with van der Waals surface area (Å²) in [5.74, 6) is -1.48. The zero-order chi connectivity index (χ0) is 23.4. The first-order valence-corrected chi connectivity index (χ1v) is 10.7. The quantitative estimate of drug-likeness (QED) is 0.563. The molecule has 0 radical (unpaired) electrons. The van der Waals surface area contributed by atoms with Gasteiger partial charge in [-0.05, 0) is 53.7 Å². The van der Waals surface area contributed by atoms with Crippen LogP contribution in [-0.2, 0) is 4.79 Å². The van der Waals surface area contributed by atoms with Gasteiger partial charge in [-0.25, -0.2) is 4.39 Å². The molecule has 166 valence electrons. The summed E-state index contributed by atoms with van der Waals surface area (Å²) in [6.07, 6.45) is 1.64. The number of thioether (sulfide) groups is 1. The lowest BCUT2D eigenvalue weighted by Gasteiger charge is -2.13. The molecule has 3 amide bonds. The predicted octanol–water partition coefficient (Wildman–Crippen LogP) is 2.84. The van der Waals surface area contributed by atoms with Crippen LogP contribution in [-0.4, -0.2) is 44.8 Å². The third kappa shape index (κ3) is 5.07. The third-order valence-electron chi connectivity index (χ3n) is 4.70. The van der Waals surface area contributed by atoms with Gasteiger partial charge >= 0.3 is 0 Å². The van der Waals surface area contributed by atoms with Crippen LogP contribution in [0.2, 0.25) is 0 Å². The second-order valence-corrected chi connectivity index (χ2v) is 7.94. The second kappa shape index (κ2) is 9.61. The Morgan fingerprint density at radius 2 is 1.73 bits per heavy atom. The summed E-state index contributed by atoms with van der Waals surface area (Å²) in [7, 11) is 0. The summed E-state index contributed by atoms with van der Waals surface area (Å²) < 4.78 is 14.1. The van der Waals surface area contributed by atoms with Gasteiger partial charge in [0, 0.05) is 19.2 Å². The highest BCUT2D eigenvalue weighted by Gasteiger charge is 2.34. The van der Waals surface area contributed by atoms with Crippen molar-refractivity contribution in [2.75, 3.05) is 13.1 Å². The first-order chi connectivity index (χ1) is 15.9. The van der Waals surface area contributed by atoms with E-state index in [0.29, 0.717) is 10.6 Å². The number of benzene rings is 2. The van der Waals surface area contributed by atoms with E-state index in [1.807, 2.05) is 30.3 Å². The molecule has 0 spiro atoms. The Labute approximate surface area is 191 Å². The number of nitrogens with one attached hydrogen (secondary N) is 1. The molecule has 4 rings (SSSR count). The van der Waals surface area contributed by atoms with Crippen molar-refractivity contribution in [2.45, 2.75) is 0 Å². The average molecular weight is 464 g/mol. The number of imide groups is 1. The minimum absolute atomic E-state index is 0.00679. The number of halogens is 1. The molecule has 33 heavy (non-hydrogen) atoms. The molecule has 1 fully saturated rings. The Kier molecular flexibility index (Phi) is 6.45. The van der Waals surface area contributed by atoms with E-state index in [2.05, 4.69) is 10.4 Å². The first-order valence-electron chi connectivity index (χ1n) is 9.87. The van der Waals surface area contributed by atoms with Gasteiger partial charge in [-0.1, -0.05) is 30.3 Å². The molecule has 1 saturated heterocycles. The molecule has 1 aromatic heterocycles. The summed E-state index contributed by atoms with van der Waals surface area (Å²) in [5.41, 5.74) is 0.580. The minimum atomic E-state index is -0.585. The molecule has 0 bridgehead atoms. The van der Waals surface area contributed by atoms with E-state index in [4.69, 9.17) is 0 Å². The van der Waals surface area contributed by atoms with Gasteiger partial charge in [0.2, 0.25) is 0 Å². The van der Waals surface area contributed by atoms with E-state index in [1.54, 1.807) is 6.08 Å². The lowest BCUT2D eigenvalue weighted by Crippen LogP contribution is -2.38. The Bertz CT molecular complexity index is 1310. The van der Waals surface area contributed by atoms with E-state index < -0.39 is 28.4 Å². The average Bonchev–Trinajstić information content (AvgIpc) is 3.08. The molecule has 2 aromatic carbocycles. The van der Waals surface area contributed by atoms with Gasteiger partial charge < -0.3 is 5.32 Å². The number of carbonyl (C=O) groups excluding carboxylic acids is 3. The van der Waals surface area contributed by atoms with Crippen LogP contribution in [0.3, 0.4) is 0 Å². The molecule has 1 aliphatic rings. The van der Waals surface area contributed by atoms with Crippen molar-refractivity contribution in [2.24, 2.45) is 0 Å². The Hall–Kier alpha value is -4.05. The summed E-state index contributed by atoms with van der Waals surface area (Å²) in [4.78, 5) is 50.7. The maximum atomic E-state index is 13.1. The molecule has 0 aliphatic carbocycles. The molecule has 10 heteroatoms. The van der Waals surface area contributed by atoms with Gasteiger partial charge in [-0.3, -0.25) is 24.1 Å². The zero-order valence-electron chi connectivity index (χ0n) is 17.1. The lowest BCUT2D eigenvalue weighted by molar-refractivity contribution is -0.122. The highest BCUT2D eigenvalue weighted by molar-refractivity contribution is 8.18. The Morgan fingerprint density at radius 1 is 1.00 bits per heavy atom. The van der Waals surface area contributed by atoms with Crippen molar-refractivity contribution >= 4 is 34.9 Å². The molecule has 8 nitrogen and oxygen atoms in total. The highest BCUT2D eigenvalue weighted by Crippen LogP contribution is 2.31. The van der Waals surface area contributed by atoms with Crippen LogP contribution >= 0.6 is 11.8 Å². The van der Waals surface area contributed by atoms with E-state index >= 15 is 0 Å². The topological polar surface area (TPSA) is 101 Å². The van der Waals surface area contributed by atoms with Crippen molar-refractivity contribution in [1.29, 1.82) is 0 Å². The van der Waals surface area contributed by atoms with Crippen LogP contribution in [0, 0.1) is 5.82 Å². The fraction of sp³-hybridized carbons (Fsp3) is 0.0870. The SMILES string of the molecule is O=C(NCCN1C(=O)SC(=Cc2ccccc2)C1=O)c1ccc(=O)n(-c2ccc(F)cc2)n1. The molecule has 1 N–H and O–H groups in total. The normalized spacial score (nSPS) is 14.7. The standard InChI is InChI=1S/C23H17FN4O4S/c24-16-6-8-17(9-7-16)28-20(29)11-10-18(26-28)21(30)25-12-13-27-22(31)19(33-23(27)32)14-15-4-2-1-3-5-15/h1-11,14H,12-13H2,(H,25,30). The first kappa shape index (κ1) is 22.2. The molecule has 2 heterocycles. The van der Waals surface area contributed by atoms with Gasteiger partial charge in [-0.2, -0.15) is 9.78 Å². The zero-order valence-corrected chi connectivity index (χ0v) is 17.9. The van der Waals surface area contributed by atoms with E-state index in [0.717, 1.165) is 26.9 Å². The van der Waals surface area contributed by atoms with Crippen molar-refractivity contribution in [3.05, 3.63) is 99.1 Å². The number of aromatic nitrogens is 2. The number of rotatable bonds is 6. The molecular weight excluding hydrogens is 447 g/mol.